The normalized spacial score (nSPS) is 14.1. The predicted octanol–water partition coefficient (Wildman–Crippen LogP) is 2.10. The molecule has 0 saturated heterocycles. The summed E-state index contributed by atoms with van der Waals surface area (Å²) in [5, 5.41) is 3.27. The van der Waals surface area contributed by atoms with E-state index < -0.39 is 0 Å². The molecule has 0 heterocycles. The minimum atomic E-state index is 0.636. The highest BCUT2D eigenvalue weighted by molar-refractivity contribution is 4.67. The summed E-state index contributed by atoms with van der Waals surface area (Å²) in [6.45, 7) is 7.98. The average Bonchev–Trinajstić information content (AvgIpc) is 2.16. The van der Waals surface area contributed by atoms with Gasteiger partial charge in [-0.2, -0.15) is 0 Å². The van der Waals surface area contributed by atoms with Crippen LogP contribution in [0.15, 0.2) is 0 Å². The standard InChI is InChI=1S/C11H26N2/c1-6-11(7-2)13(5)9-8-10(3)12-4/h10-12H,6-9H2,1-5H3. The monoisotopic (exact) mass is 186 g/mol. The first-order valence-electron chi connectivity index (χ1n) is 5.53. The summed E-state index contributed by atoms with van der Waals surface area (Å²) in [5.74, 6) is 0. The van der Waals surface area contributed by atoms with Crippen molar-refractivity contribution in [3.63, 3.8) is 0 Å². The lowest BCUT2D eigenvalue weighted by molar-refractivity contribution is 0.220. The van der Waals surface area contributed by atoms with Crippen LogP contribution >= 0.6 is 0 Å². The van der Waals surface area contributed by atoms with Gasteiger partial charge < -0.3 is 10.2 Å². The van der Waals surface area contributed by atoms with E-state index in [0.29, 0.717) is 6.04 Å². The van der Waals surface area contributed by atoms with Crippen LogP contribution in [0.25, 0.3) is 0 Å². The quantitative estimate of drug-likeness (QED) is 0.655. The Bertz CT molecular complexity index is 111. The molecule has 0 bridgehead atoms. The number of nitrogens with zero attached hydrogens (tertiary/aromatic N) is 1. The molecule has 1 unspecified atom stereocenters. The summed E-state index contributed by atoms with van der Waals surface area (Å²) in [4.78, 5) is 2.48. The second-order valence-corrected chi connectivity index (χ2v) is 3.93. The summed E-state index contributed by atoms with van der Waals surface area (Å²) in [5.41, 5.74) is 0. The molecule has 0 aromatic heterocycles. The molecule has 13 heavy (non-hydrogen) atoms. The fraction of sp³-hybridized carbons (Fsp3) is 1.00. The molecule has 0 aliphatic carbocycles. The van der Waals surface area contributed by atoms with Crippen molar-refractivity contribution in [2.24, 2.45) is 0 Å². The van der Waals surface area contributed by atoms with Crippen LogP contribution in [0.2, 0.25) is 0 Å². The highest BCUT2D eigenvalue weighted by Crippen LogP contribution is 2.06. The first kappa shape index (κ1) is 12.9. The highest BCUT2D eigenvalue weighted by atomic mass is 15.1. The van der Waals surface area contributed by atoms with Crippen molar-refractivity contribution in [2.45, 2.75) is 52.1 Å². The first-order chi connectivity index (χ1) is 6.15. The van der Waals surface area contributed by atoms with Gasteiger partial charge in [0.15, 0.2) is 0 Å². The van der Waals surface area contributed by atoms with Crippen LogP contribution in [-0.2, 0) is 0 Å². The van der Waals surface area contributed by atoms with Gasteiger partial charge in [-0.1, -0.05) is 13.8 Å². The molecule has 2 heteroatoms. The fourth-order valence-corrected chi connectivity index (χ4v) is 1.64. The Morgan fingerprint density at radius 1 is 1.23 bits per heavy atom. The van der Waals surface area contributed by atoms with Gasteiger partial charge in [-0.05, 0) is 46.8 Å². The maximum absolute atomic E-state index is 3.27. The Morgan fingerprint density at radius 2 is 1.77 bits per heavy atom. The molecule has 0 spiro atoms. The molecule has 80 valence electrons. The predicted molar refractivity (Wildman–Crippen MR) is 60.1 cm³/mol. The molecule has 1 atom stereocenters. The van der Waals surface area contributed by atoms with E-state index in [4.69, 9.17) is 0 Å². The van der Waals surface area contributed by atoms with Gasteiger partial charge in [0.05, 0.1) is 0 Å². The lowest BCUT2D eigenvalue weighted by atomic mass is 10.1. The van der Waals surface area contributed by atoms with E-state index in [2.05, 4.69) is 38.0 Å². The Hall–Kier alpha value is -0.0800. The zero-order chi connectivity index (χ0) is 10.3. The molecule has 0 saturated carbocycles. The number of hydrogen-bond acceptors (Lipinski definition) is 2. The minimum absolute atomic E-state index is 0.636. The van der Waals surface area contributed by atoms with Crippen molar-refractivity contribution in [1.29, 1.82) is 0 Å². The van der Waals surface area contributed by atoms with Crippen molar-refractivity contribution in [2.75, 3.05) is 20.6 Å². The largest absolute Gasteiger partial charge is 0.317 e. The molecule has 0 aliphatic heterocycles. The lowest BCUT2D eigenvalue weighted by Gasteiger charge is -2.27. The van der Waals surface area contributed by atoms with Crippen molar-refractivity contribution in [3.05, 3.63) is 0 Å². The molecule has 0 aliphatic rings. The Kier molecular flexibility index (Phi) is 7.29. The van der Waals surface area contributed by atoms with Crippen LogP contribution < -0.4 is 5.32 Å². The van der Waals surface area contributed by atoms with E-state index >= 15 is 0 Å². The minimum Gasteiger partial charge on any atom is -0.317 e. The summed E-state index contributed by atoms with van der Waals surface area (Å²) < 4.78 is 0. The maximum atomic E-state index is 3.27. The zero-order valence-corrected chi connectivity index (χ0v) is 9.93. The first-order valence-corrected chi connectivity index (χ1v) is 5.53. The van der Waals surface area contributed by atoms with Gasteiger partial charge in [0, 0.05) is 12.1 Å². The Morgan fingerprint density at radius 3 is 2.15 bits per heavy atom. The molecule has 0 radical (unpaired) electrons. The van der Waals surface area contributed by atoms with Crippen molar-refractivity contribution < 1.29 is 0 Å². The summed E-state index contributed by atoms with van der Waals surface area (Å²) in [7, 11) is 4.27. The van der Waals surface area contributed by atoms with Crippen molar-refractivity contribution >= 4 is 0 Å². The van der Waals surface area contributed by atoms with Gasteiger partial charge >= 0.3 is 0 Å². The second-order valence-electron chi connectivity index (χ2n) is 3.93. The number of nitrogens with one attached hydrogen (secondary N) is 1. The maximum Gasteiger partial charge on any atom is 0.00869 e. The molecule has 0 fully saturated rings. The molecule has 0 aromatic carbocycles. The van der Waals surface area contributed by atoms with Gasteiger partial charge in [-0.25, -0.2) is 0 Å². The van der Waals surface area contributed by atoms with Crippen LogP contribution in [0.1, 0.15) is 40.0 Å². The van der Waals surface area contributed by atoms with Gasteiger partial charge in [-0.3, -0.25) is 0 Å². The van der Waals surface area contributed by atoms with Crippen LogP contribution in [0, 0.1) is 0 Å². The molecular weight excluding hydrogens is 160 g/mol. The van der Waals surface area contributed by atoms with Crippen LogP contribution in [0.4, 0.5) is 0 Å². The average molecular weight is 186 g/mol. The Balaban J connectivity index is 3.65. The third-order valence-corrected chi connectivity index (χ3v) is 2.97. The van der Waals surface area contributed by atoms with Crippen molar-refractivity contribution in [3.8, 4) is 0 Å². The molecular formula is C11H26N2. The van der Waals surface area contributed by atoms with E-state index in [0.717, 1.165) is 6.04 Å². The lowest BCUT2D eigenvalue weighted by Crippen LogP contribution is -2.34. The highest BCUT2D eigenvalue weighted by Gasteiger charge is 2.10. The smallest absolute Gasteiger partial charge is 0.00869 e. The van der Waals surface area contributed by atoms with Crippen LogP contribution in [-0.4, -0.2) is 37.6 Å². The van der Waals surface area contributed by atoms with E-state index in [-0.39, 0.29) is 0 Å². The fourth-order valence-electron chi connectivity index (χ4n) is 1.64. The van der Waals surface area contributed by atoms with Crippen molar-refractivity contribution in [1.82, 2.24) is 10.2 Å². The second kappa shape index (κ2) is 7.34. The van der Waals surface area contributed by atoms with Gasteiger partial charge in [0.2, 0.25) is 0 Å². The van der Waals surface area contributed by atoms with Crippen LogP contribution in [0.5, 0.6) is 0 Å². The molecule has 0 rings (SSSR count). The van der Waals surface area contributed by atoms with E-state index in [1.807, 2.05) is 7.05 Å². The van der Waals surface area contributed by atoms with Gasteiger partial charge in [0.1, 0.15) is 0 Å². The zero-order valence-electron chi connectivity index (χ0n) is 9.93. The topological polar surface area (TPSA) is 15.3 Å². The Labute approximate surface area is 83.7 Å². The van der Waals surface area contributed by atoms with E-state index in [9.17, 15) is 0 Å². The number of hydrogen-bond donors (Lipinski definition) is 1. The number of rotatable bonds is 7. The van der Waals surface area contributed by atoms with E-state index in [1.54, 1.807) is 0 Å². The molecule has 0 amide bonds. The SMILES string of the molecule is CCC(CC)N(C)CCC(C)NC. The third kappa shape index (κ3) is 5.27. The third-order valence-electron chi connectivity index (χ3n) is 2.97. The van der Waals surface area contributed by atoms with Crippen LogP contribution in [0.3, 0.4) is 0 Å². The summed E-state index contributed by atoms with van der Waals surface area (Å²) in [6, 6.07) is 1.40. The van der Waals surface area contributed by atoms with E-state index in [1.165, 1.54) is 25.8 Å². The summed E-state index contributed by atoms with van der Waals surface area (Å²) in [6.07, 6.45) is 3.77. The van der Waals surface area contributed by atoms with Gasteiger partial charge in [-0.15, -0.1) is 0 Å². The molecule has 1 N–H and O–H groups in total. The summed E-state index contributed by atoms with van der Waals surface area (Å²) >= 11 is 0. The molecule has 2 nitrogen and oxygen atoms in total. The van der Waals surface area contributed by atoms with Gasteiger partial charge in [0.25, 0.3) is 0 Å². The molecule has 0 aromatic rings.